The summed E-state index contributed by atoms with van der Waals surface area (Å²) in [6.07, 6.45) is 0. The van der Waals surface area contributed by atoms with Crippen LogP contribution in [0.5, 0.6) is 0 Å². The van der Waals surface area contributed by atoms with Crippen LogP contribution in [0.2, 0.25) is 0 Å². The van der Waals surface area contributed by atoms with Crippen LogP contribution in [0.25, 0.3) is 0 Å². The van der Waals surface area contributed by atoms with Gasteiger partial charge in [-0.3, -0.25) is 4.79 Å². The number of rotatable bonds is 0. The SMILES string of the molecule is C=C1C(=O)NC[C@H]1C. The van der Waals surface area contributed by atoms with E-state index in [9.17, 15) is 4.79 Å². The average Bonchev–Trinajstić information content (AvgIpc) is 1.98. The molecule has 0 radical (unpaired) electrons. The van der Waals surface area contributed by atoms with Crippen molar-refractivity contribution in [3.63, 3.8) is 0 Å². The fourth-order valence-corrected chi connectivity index (χ4v) is 0.706. The largest absolute Gasteiger partial charge is 0.352 e. The molecule has 1 atom stereocenters. The quantitative estimate of drug-likeness (QED) is 0.448. The summed E-state index contributed by atoms with van der Waals surface area (Å²) in [6.45, 7) is 6.35. The van der Waals surface area contributed by atoms with Gasteiger partial charge in [0, 0.05) is 18.0 Å². The highest BCUT2D eigenvalue weighted by Crippen LogP contribution is 2.12. The van der Waals surface area contributed by atoms with Gasteiger partial charge in [-0.15, -0.1) is 0 Å². The van der Waals surface area contributed by atoms with Gasteiger partial charge in [0.15, 0.2) is 0 Å². The molecule has 1 amide bonds. The minimum atomic E-state index is 0.0116. The maximum atomic E-state index is 10.6. The summed E-state index contributed by atoms with van der Waals surface area (Å²) in [5, 5.41) is 2.68. The Hall–Kier alpha value is -0.790. The number of nitrogens with one attached hydrogen (secondary N) is 1. The van der Waals surface area contributed by atoms with Crippen LogP contribution in [0.4, 0.5) is 0 Å². The molecule has 0 aromatic heterocycles. The third-order valence-corrected chi connectivity index (χ3v) is 1.46. The Labute approximate surface area is 48.6 Å². The number of carbonyl (C=O) groups excluding carboxylic acids is 1. The fourth-order valence-electron chi connectivity index (χ4n) is 0.706. The molecule has 1 rings (SSSR count). The van der Waals surface area contributed by atoms with E-state index in [2.05, 4.69) is 11.9 Å². The van der Waals surface area contributed by atoms with E-state index in [0.29, 0.717) is 11.5 Å². The summed E-state index contributed by atoms with van der Waals surface area (Å²) in [6, 6.07) is 0. The molecule has 2 nitrogen and oxygen atoms in total. The molecule has 0 aromatic rings. The topological polar surface area (TPSA) is 29.1 Å². The van der Waals surface area contributed by atoms with E-state index in [1.54, 1.807) is 0 Å². The molecule has 0 unspecified atom stereocenters. The molecule has 1 saturated heterocycles. The molecule has 1 aliphatic heterocycles. The van der Waals surface area contributed by atoms with E-state index in [4.69, 9.17) is 0 Å². The Morgan fingerprint density at radius 1 is 1.88 bits per heavy atom. The Morgan fingerprint density at radius 2 is 2.50 bits per heavy atom. The van der Waals surface area contributed by atoms with Crippen molar-refractivity contribution in [2.75, 3.05) is 6.54 Å². The van der Waals surface area contributed by atoms with E-state index in [0.717, 1.165) is 6.54 Å². The molecule has 0 saturated carbocycles. The third-order valence-electron chi connectivity index (χ3n) is 1.46. The molecule has 1 N–H and O–H groups in total. The van der Waals surface area contributed by atoms with Gasteiger partial charge in [0.25, 0.3) is 0 Å². The van der Waals surface area contributed by atoms with E-state index in [1.807, 2.05) is 6.92 Å². The number of hydrogen-bond donors (Lipinski definition) is 1. The summed E-state index contributed by atoms with van der Waals surface area (Å²) in [5.74, 6) is 0.347. The van der Waals surface area contributed by atoms with Gasteiger partial charge in [-0.2, -0.15) is 0 Å². The van der Waals surface area contributed by atoms with Crippen LogP contribution in [0, 0.1) is 5.92 Å². The smallest absolute Gasteiger partial charge is 0.246 e. The second-order valence-electron chi connectivity index (χ2n) is 2.14. The van der Waals surface area contributed by atoms with Gasteiger partial charge in [0.2, 0.25) is 5.91 Å². The number of amides is 1. The van der Waals surface area contributed by atoms with Crippen LogP contribution in [0.15, 0.2) is 12.2 Å². The summed E-state index contributed by atoms with van der Waals surface area (Å²) >= 11 is 0. The summed E-state index contributed by atoms with van der Waals surface area (Å²) in [5.41, 5.74) is 0.713. The number of hydrogen-bond acceptors (Lipinski definition) is 1. The predicted molar refractivity (Wildman–Crippen MR) is 31.3 cm³/mol. The zero-order valence-electron chi connectivity index (χ0n) is 4.90. The van der Waals surface area contributed by atoms with Gasteiger partial charge in [0.1, 0.15) is 0 Å². The minimum absolute atomic E-state index is 0.0116. The minimum Gasteiger partial charge on any atom is -0.352 e. The Balaban J connectivity index is 2.71. The van der Waals surface area contributed by atoms with Crippen LogP contribution >= 0.6 is 0 Å². The lowest BCUT2D eigenvalue weighted by atomic mass is 10.1. The lowest BCUT2D eigenvalue weighted by molar-refractivity contribution is -0.116. The molecule has 1 aliphatic rings. The monoisotopic (exact) mass is 111 g/mol. The van der Waals surface area contributed by atoms with Gasteiger partial charge in [-0.25, -0.2) is 0 Å². The highest BCUT2D eigenvalue weighted by molar-refractivity contribution is 5.95. The lowest BCUT2D eigenvalue weighted by Gasteiger charge is -1.93. The van der Waals surface area contributed by atoms with Crippen LogP contribution in [0.1, 0.15) is 6.92 Å². The molecule has 0 spiro atoms. The molecule has 2 heteroatoms. The standard InChI is InChI=1S/C6H9NO/c1-4-3-7-6(8)5(4)2/h4H,2-3H2,1H3,(H,7,8)/t4-/m1/s1. The zero-order valence-corrected chi connectivity index (χ0v) is 4.90. The van der Waals surface area contributed by atoms with Crippen molar-refractivity contribution >= 4 is 5.91 Å². The first-order chi connectivity index (χ1) is 3.72. The summed E-state index contributed by atoms with van der Waals surface area (Å²) in [7, 11) is 0. The molecule has 8 heavy (non-hydrogen) atoms. The average molecular weight is 111 g/mol. The van der Waals surface area contributed by atoms with Crippen LogP contribution in [0.3, 0.4) is 0 Å². The maximum absolute atomic E-state index is 10.6. The molecule has 0 aliphatic carbocycles. The lowest BCUT2D eigenvalue weighted by Crippen LogP contribution is -2.13. The van der Waals surface area contributed by atoms with Crippen molar-refractivity contribution in [1.29, 1.82) is 0 Å². The van der Waals surface area contributed by atoms with Crippen LogP contribution < -0.4 is 5.32 Å². The Kier molecular flexibility index (Phi) is 1.08. The van der Waals surface area contributed by atoms with E-state index in [1.165, 1.54) is 0 Å². The predicted octanol–water partition coefficient (Wildman–Crippen LogP) is 0.308. The zero-order chi connectivity index (χ0) is 6.15. The first kappa shape index (κ1) is 5.35. The second kappa shape index (κ2) is 1.62. The summed E-state index contributed by atoms with van der Waals surface area (Å²) < 4.78 is 0. The highest BCUT2D eigenvalue weighted by atomic mass is 16.2. The molecular weight excluding hydrogens is 102 g/mol. The molecule has 1 heterocycles. The molecule has 0 bridgehead atoms. The molecule has 44 valence electrons. The van der Waals surface area contributed by atoms with E-state index in [-0.39, 0.29) is 5.91 Å². The first-order valence-corrected chi connectivity index (χ1v) is 2.69. The Bertz CT molecular complexity index is 139. The fraction of sp³-hybridized carbons (Fsp3) is 0.500. The third kappa shape index (κ3) is 0.619. The van der Waals surface area contributed by atoms with Gasteiger partial charge >= 0.3 is 0 Å². The van der Waals surface area contributed by atoms with Gasteiger partial charge in [0.05, 0.1) is 0 Å². The van der Waals surface area contributed by atoms with Crippen molar-refractivity contribution in [1.82, 2.24) is 5.32 Å². The van der Waals surface area contributed by atoms with Crippen LogP contribution in [-0.2, 0) is 4.79 Å². The van der Waals surface area contributed by atoms with Gasteiger partial charge in [-0.05, 0) is 0 Å². The second-order valence-corrected chi connectivity index (χ2v) is 2.14. The van der Waals surface area contributed by atoms with Crippen LogP contribution in [-0.4, -0.2) is 12.5 Å². The normalized spacial score (nSPS) is 28.4. The summed E-state index contributed by atoms with van der Waals surface area (Å²) in [4.78, 5) is 10.6. The number of carbonyl (C=O) groups is 1. The maximum Gasteiger partial charge on any atom is 0.246 e. The highest BCUT2D eigenvalue weighted by Gasteiger charge is 2.21. The van der Waals surface area contributed by atoms with Crippen molar-refractivity contribution in [3.05, 3.63) is 12.2 Å². The van der Waals surface area contributed by atoms with Crippen molar-refractivity contribution < 1.29 is 4.79 Å². The molecule has 0 aromatic carbocycles. The molecule has 1 fully saturated rings. The Morgan fingerprint density at radius 3 is 2.62 bits per heavy atom. The van der Waals surface area contributed by atoms with Gasteiger partial charge < -0.3 is 5.32 Å². The van der Waals surface area contributed by atoms with Crippen molar-refractivity contribution in [2.45, 2.75) is 6.92 Å². The van der Waals surface area contributed by atoms with Crippen molar-refractivity contribution in [2.24, 2.45) is 5.92 Å². The first-order valence-electron chi connectivity index (χ1n) is 2.69. The molecular formula is C6H9NO. The van der Waals surface area contributed by atoms with Crippen molar-refractivity contribution in [3.8, 4) is 0 Å². The van der Waals surface area contributed by atoms with Gasteiger partial charge in [-0.1, -0.05) is 13.5 Å². The van der Waals surface area contributed by atoms with E-state index >= 15 is 0 Å². The van der Waals surface area contributed by atoms with E-state index < -0.39 is 0 Å².